The molecule has 2 N–H and O–H groups in total. The van der Waals surface area contributed by atoms with Crippen LogP contribution in [0.5, 0.6) is 5.75 Å². The Morgan fingerprint density at radius 2 is 1.79 bits per heavy atom. The largest absolute Gasteiger partial charge is 0.506 e. The van der Waals surface area contributed by atoms with Gasteiger partial charge in [-0.3, -0.25) is 9.59 Å². The van der Waals surface area contributed by atoms with Crippen molar-refractivity contribution in [3.05, 3.63) is 75.7 Å². The summed E-state index contributed by atoms with van der Waals surface area (Å²) < 4.78 is 65.9. The van der Waals surface area contributed by atoms with E-state index in [0.29, 0.717) is 0 Å². The van der Waals surface area contributed by atoms with Gasteiger partial charge in [-0.15, -0.1) is 0 Å². The van der Waals surface area contributed by atoms with E-state index in [4.69, 9.17) is 0 Å². The monoisotopic (exact) mass is 496 g/mol. The molecule has 1 amide bonds. The number of aryl methyl sites for hydroxylation is 1. The van der Waals surface area contributed by atoms with Crippen LogP contribution in [0.3, 0.4) is 0 Å². The molecule has 0 fully saturated rings. The number of amides is 1. The molecule has 0 saturated heterocycles. The fourth-order valence-electron chi connectivity index (χ4n) is 2.95. The molecule has 1 aromatic heterocycles. The molecule has 2 aromatic carbocycles. The Hall–Kier alpha value is -3.71. The predicted molar refractivity (Wildman–Crippen MR) is 117 cm³/mol. The number of halogens is 3. The van der Waals surface area contributed by atoms with Crippen LogP contribution >= 0.6 is 0 Å². The van der Waals surface area contributed by atoms with Crippen LogP contribution in [0, 0.1) is 6.92 Å². The summed E-state index contributed by atoms with van der Waals surface area (Å²) in [4.78, 5) is 24.9. The van der Waals surface area contributed by atoms with Crippen molar-refractivity contribution in [2.24, 2.45) is 0 Å². The highest BCUT2D eigenvalue weighted by molar-refractivity contribution is 7.89. The first-order chi connectivity index (χ1) is 15.7. The highest BCUT2D eigenvalue weighted by Gasteiger charge is 2.30. The number of rotatable bonds is 5. The van der Waals surface area contributed by atoms with Crippen molar-refractivity contribution in [3.8, 4) is 11.4 Å². The van der Waals surface area contributed by atoms with Gasteiger partial charge < -0.3 is 10.4 Å². The van der Waals surface area contributed by atoms with Gasteiger partial charge in [-0.2, -0.15) is 18.3 Å². The summed E-state index contributed by atoms with van der Waals surface area (Å²) >= 11 is 0. The average molecular weight is 496 g/mol. The molecule has 0 aliphatic rings. The van der Waals surface area contributed by atoms with Crippen LogP contribution in [0.4, 0.5) is 18.9 Å². The van der Waals surface area contributed by atoms with Gasteiger partial charge in [0.15, 0.2) is 5.69 Å². The molecule has 3 aromatic rings. The molecule has 0 aliphatic heterocycles. The molecule has 9 nitrogen and oxygen atoms in total. The third kappa shape index (κ3) is 4.94. The first-order valence-corrected chi connectivity index (χ1v) is 11.0. The van der Waals surface area contributed by atoms with E-state index < -0.39 is 44.5 Å². The first kappa shape index (κ1) is 24.9. The van der Waals surface area contributed by atoms with Gasteiger partial charge in [0.05, 0.1) is 21.8 Å². The van der Waals surface area contributed by atoms with Gasteiger partial charge in [0.2, 0.25) is 15.5 Å². The number of nitrogens with one attached hydrogen (secondary N) is 1. The van der Waals surface area contributed by atoms with Crippen LogP contribution < -0.4 is 10.7 Å². The van der Waals surface area contributed by atoms with Crippen molar-refractivity contribution < 1.29 is 31.5 Å². The van der Waals surface area contributed by atoms with E-state index in [0.717, 1.165) is 51.5 Å². The summed E-state index contributed by atoms with van der Waals surface area (Å²) in [5.74, 6) is -1.57. The van der Waals surface area contributed by atoms with Crippen molar-refractivity contribution >= 4 is 21.6 Å². The highest BCUT2D eigenvalue weighted by Crippen LogP contribution is 2.30. The summed E-state index contributed by atoms with van der Waals surface area (Å²) in [7, 11) is -1.29. The summed E-state index contributed by atoms with van der Waals surface area (Å²) in [6.45, 7) is 1.43. The number of nitrogens with zero attached hydrogens (tertiary/aromatic N) is 3. The SMILES string of the molecule is Cc1cc(=O)c(C(=O)Nc2cc(S(=O)(=O)N(C)C)ccc2O)nn1-c1cccc(C(F)(F)F)c1. The van der Waals surface area contributed by atoms with Crippen LogP contribution in [-0.2, 0) is 16.2 Å². The molecule has 13 heteroatoms. The molecule has 0 atom stereocenters. The fraction of sp³-hybridized carbons (Fsp3) is 0.190. The second-order valence-electron chi connectivity index (χ2n) is 7.38. The molecular weight excluding hydrogens is 477 g/mol. The maximum atomic E-state index is 13.1. The average Bonchev–Trinajstić information content (AvgIpc) is 2.74. The Kier molecular flexibility index (Phi) is 6.53. The van der Waals surface area contributed by atoms with Crippen LogP contribution in [0.25, 0.3) is 5.69 Å². The van der Waals surface area contributed by atoms with E-state index >= 15 is 0 Å². The number of phenols is 1. The third-order valence-electron chi connectivity index (χ3n) is 4.74. The van der Waals surface area contributed by atoms with E-state index in [9.17, 15) is 36.3 Å². The van der Waals surface area contributed by atoms with Gasteiger partial charge in [-0.05, 0) is 43.3 Å². The molecule has 0 saturated carbocycles. The number of aromatic nitrogens is 2. The smallest absolute Gasteiger partial charge is 0.416 e. The van der Waals surface area contributed by atoms with E-state index in [-0.39, 0.29) is 22.0 Å². The zero-order valence-corrected chi connectivity index (χ0v) is 18.9. The molecule has 0 unspecified atom stereocenters. The third-order valence-corrected chi connectivity index (χ3v) is 6.55. The van der Waals surface area contributed by atoms with Crippen LogP contribution in [0.2, 0.25) is 0 Å². The minimum absolute atomic E-state index is 0.0386. The molecule has 0 aliphatic carbocycles. The van der Waals surface area contributed by atoms with Crippen molar-refractivity contribution in [1.29, 1.82) is 0 Å². The van der Waals surface area contributed by atoms with E-state index in [2.05, 4.69) is 10.4 Å². The number of aromatic hydroxyl groups is 1. The first-order valence-electron chi connectivity index (χ1n) is 9.57. The topological polar surface area (TPSA) is 122 Å². The van der Waals surface area contributed by atoms with Gasteiger partial charge in [0.1, 0.15) is 5.75 Å². The van der Waals surface area contributed by atoms with Crippen molar-refractivity contribution in [1.82, 2.24) is 14.1 Å². The normalized spacial score (nSPS) is 12.1. The van der Waals surface area contributed by atoms with Gasteiger partial charge in [-0.1, -0.05) is 6.07 Å². The van der Waals surface area contributed by atoms with E-state index in [1.165, 1.54) is 27.1 Å². The van der Waals surface area contributed by atoms with Crippen LogP contribution in [0.1, 0.15) is 21.7 Å². The predicted octanol–water partition coefficient (Wildman–Crippen LogP) is 2.77. The minimum atomic E-state index is -4.61. The second kappa shape index (κ2) is 8.91. The fourth-order valence-corrected chi connectivity index (χ4v) is 3.88. The number of hydrogen-bond donors (Lipinski definition) is 2. The summed E-state index contributed by atoms with van der Waals surface area (Å²) in [6, 6.07) is 8.37. The lowest BCUT2D eigenvalue weighted by Gasteiger charge is -2.15. The Morgan fingerprint density at radius 1 is 1.12 bits per heavy atom. The zero-order valence-electron chi connectivity index (χ0n) is 18.1. The van der Waals surface area contributed by atoms with Gasteiger partial charge in [-0.25, -0.2) is 17.4 Å². The van der Waals surface area contributed by atoms with Crippen LogP contribution in [-0.4, -0.2) is 47.6 Å². The molecule has 0 radical (unpaired) electrons. The number of benzene rings is 2. The van der Waals surface area contributed by atoms with E-state index in [1.807, 2.05) is 0 Å². The molecule has 180 valence electrons. The van der Waals surface area contributed by atoms with Gasteiger partial charge in [0, 0.05) is 25.9 Å². The van der Waals surface area contributed by atoms with Gasteiger partial charge in [0.25, 0.3) is 5.91 Å². The number of carbonyl (C=O) groups excluding carboxylic acids is 1. The molecule has 34 heavy (non-hydrogen) atoms. The summed E-state index contributed by atoms with van der Waals surface area (Å²) in [5, 5.41) is 16.2. The number of sulfonamides is 1. The Labute approximate surface area is 192 Å². The van der Waals surface area contributed by atoms with Gasteiger partial charge >= 0.3 is 6.18 Å². The Morgan fingerprint density at radius 3 is 2.41 bits per heavy atom. The maximum Gasteiger partial charge on any atom is 0.416 e. The second-order valence-corrected chi connectivity index (χ2v) is 9.53. The number of alkyl halides is 3. The lowest BCUT2D eigenvalue weighted by molar-refractivity contribution is -0.137. The van der Waals surface area contributed by atoms with E-state index in [1.54, 1.807) is 0 Å². The molecule has 0 bridgehead atoms. The molecule has 3 rings (SSSR count). The van der Waals surface area contributed by atoms with Crippen molar-refractivity contribution in [2.45, 2.75) is 18.0 Å². The zero-order chi connectivity index (χ0) is 25.4. The number of carbonyl (C=O) groups is 1. The number of phenolic OH excluding ortho intramolecular Hbond substituents is 1. The standard InChI is InChI=1S/C21H19F3N4O5S/c1-12-9-18(30)19(26-28(12)14-6-4-5-13(10-14)21(22,23)24)20(31)25-16-11-15(7-8-17(16)29)34(32,33)27(2)3/h4-11,29H,1-3H3,(H,25,31). The summed E-state index contributed by atoms with van der Waals surface area (Å²) in [6.07, 6.45) is -4.61. The van der Waals surface area contributed by atoms with Crippen molar-refractivity contribution in [2.75, 3.05) is 19.4 Å². The Balaban J connectivity index is 2.03. The number of anilines is 1. The molecular formula is C21H19F3N4O5S. The molecule has 1 heterocycles. The highest BCUT2D eigenvalue weighted by atomic mass is 32.2. The van der Waals surface area contributed by atoms with Crippen molar-refractivity contribution in [3.63, 3.8) is 0 Å². The minimum Gasteiger partial charge on any atom is -0.506 e. The lowest BCUT2D eigenvalue weighted by Crippen LogP contribution is -2.27. The lowest BCUT2D eigenvalue weighted by atomic mass is 10.2. The van der Waals surface area contributed by atoms with Crippen LogP contribution in [0.15, 0.2) is 58.2 Å². The quantitative estimate of drug-likeness (QED) is 0.524. The number of hydrogen-bond acceptors (Lipinski definition) is 6. The maximum absolute atomic E-state index is 13.1. The summed E-state index contributed by atoms with van der Waals surface area (Å²) in [5.41, 5.74) is -2.62. The molecule has 0 spiro atoms. The Bertz CT molecular complexity index is 1430.